The minimum absolute atomic E-state index is 0.0473. The van der Waals surface area contributed by atoms with Crippen LogP contribution in [0.25, 0.3) is 0 Å². The van der Waals surface area contributed by atoms with Gasteiger partial charge in [0.05, 0.1) is 11.9 Å². The summed E-state index contributed by atoms with van der Waals surface area (Å²) in [5.74, 6) is 1.43. The number of Topliss-reactive ketones (excluding diaryl/α,β-unsaturated/α-hetero) is 1. The average molecular weight is 216 g/mol. The number of ether oxygens (including phenoxy) is 1. The largest absolute Gasteiger partial charge is 0.454 e. The van der Waals surface area contributed by atoms with Gasteiger partial charge in [-0.1, -0.05) is 0 Å². The zero-order chi connectivity index (χ0) is 11.5. The van der Waals surface area contributed by atoms with Crippen molar-refractivity contribution in [1.82, 2.24) is 10.2 Å². The average Bonchev–Trinajstić information content (AvgIpc) is 2.65. The van der Waals surface area contributed by atoms with Crippen LogP contribution in [0.4, 0.5) is 0 Å². The maximum atomic E-state index is 11.1. The Bertz CT molecular complexity index is 500. The first kappa shape index (κ1) is 10.4. The third-order valence-electron chi connectivity index (χ3n) is 2.27. The first-order valence-electron chi connectivity index (χ1n) is 4.95. The number of aromatic amines is 1. The lowest BCUT2D eigenvalue weighted by Crippen LogP contribution is -1.91. The van der Waals surface area contributed by atoms with E-state index < -0.39 is 0 Å². The second-order valence-corrected chi connectivity index (χ2v) is 3.54. The topological polar surface area (TPSA) is 55.0 Å². The summed E-state index contributed by atoms with van der Waals surface area (Å²) in [6.45, 7) is 3.42. The molecule has 0 unspecified atom stereocenters. The third kappa shape index (κ3) is 2.11. The molecule has 0 saturated carbocycles. The zero-order valence-electron chi connectivity index (χ0n) is 9.15. The number of carbonyl (C=O) groups is 1. The van der Waals surface area contributed by atoms with Gasteiger partial charge in [-0.05, 0) is 38.1 Å². The SMILES string of the molecule is CC(=O)c1ccc(Oc2cn[nH]c2C)cc1. The van der Waals surface area contributed by atoms with Crippen molar-refractivity contribution in [3.8, 4) is 11.5 Å². The van der Waals surface area contributed by atoms with Gasteiger partial charge in [0, 0.05) is 5.56 Å². The van der Waals surface area contributed by atoms with E-state index in [1.807, 2.05) is 6.92 Å². The van der Waals surface area contributed by atoms with Gasteiger partial charge in [-0.3, -0.25) is 9.89 Å². The Labute approximate surface area is 93.3 Å². The third-order valence-corrected chi connectivity index (χ3v) is 2.27. The predicted octanol–water partition coefficient (Wildman–Crippen LogP) is 2.71. The number of benzene rings is 1. The fourth-order valence-corrected chi connectivity index (χ4v) is 1.33. The molecule has 0 amide bonds. The molecular formula is C12H12N2O2. The number of nitrogens with one attached hydrogen (secondary N) is 1. The Balaban J connectivity index is 2.17. The van der Waals surface area contributed by atoms with Crippen LogP contribution in [-0.4, -0.2) is 16.0 Å². The zero-order valence-corrected chi connectivity index (χ0v) is 9.15. The van der Waals surface area contributed by atoms with E-state index in [0.29, 0.717) is 17.1 Å². The van der Waals surface area contributed by atoms with Crippen molar-refractivity contribution >= 4 is 5.78 Å². The Hall–Kier alpha value is -2.10. The van der Waals surface area contributed by atoms with Gasteiger partial charge in [-0.25, -0.2) is 0 Å². The molecule has 4 heteroatoms. The van der Waals surface area contributed by atoms with Gasteiger partial charge in [0.15, 0.2) is 11.5 Å². The molecule has 0 fully saturated rings. The Kier molecular flexibility index (Phi) is 2.72. The number of nitrogens with zero attached hydrogens (tertiary/aromatic N) is 1. The molecule has 2 aromatic rings. The highest BCUT2D eigenvalue weighted by Crippen LogP contribution is 2.23. The van der Waals surface area contributed by atoms with Gasteiger partial charge in [-0.2, -0.15) is 5.10 Å². The summed E-state index contributed by atoms with van der Waals surface area (Å²) >= 11 is 0. The minimum atomic E-state index is 0.0473. The number of rotatable bonds is 3. The van der Waals surface area contributed by atoms with Crippen molar-refractivity contribution in [3.63, 3.8) is 0 Å². The molecule has 1 aromatic heterocycles. The molecule has 4 nitrogen and oxygen atoms in total. The summed E-state index contributed by atoms with van der Waals surface area (Å²) in [5, 5.41) is 6.65. The first-order valence-corrected chi connectivity index (χ1v) is 4.95. The summed E-state index contributed by atoms with van der Waals surface area (Å²) in [6, 6.07) is 7.02. The standard InChI is InChI=1S/C12H12N2O2/c1-8-12(7-13-14-8)16-11-5-3-10(4-6-11)9(2)15/h3-7H,1-2H3,(H,13,14). The van der Waals surface area contributed by atoms with Gasteiger partial charge >= 0.3 is 0 Å². The van der Waals surface area contributed by atoms with Gasteiger partial charge in [0.25, 0.3) is 0 Å². The molecule has 1 heterocycles. The second kappa shape index (κ2) is 4.18. The lowest BCUT2D eigenvalue weighted by Gasteiger charge is -2.04. The smallest absolute Gasteiger partial charge is 0.167 e. The van der Waals surface area contributed by atoms with Crippen molar-refractivity contribution in [3.05, 3.63) is 41.7 Å². The summed E-state index contributed by atoms with van der Waals surface area (Å²) in [7, 11) is 0. The number of aromatic nitrogens is 2. The van der Waals surface area contributed by atoms with Crippen molar-refractivity contribution in [1.29, 1.82) is 0 Å². The van der Waals surface area contributed by atoms with Crippen LogP contribution in [0.15, 0.2) is 30.5 Å². The molecule has 82 valence electrons. The van der Waals surface area contributed by atoms with Gasteiger partial charge < -0.3 is 4.74 Å². The van der Waals surface area contributed by atoms with E-state index in [1.165, 1.54) is 6.92 Å². The molecule has 1 aromatic carbocycles. The van der Waals surface area contributed by atoms with Gasteiger partial charge in [-0.15, -0.1) is 0 Å². The summed E-state index contributed by atoms with van der Waals surface area (Å²) in [6.07, 6.45) is 1.62. The first-order chi connectivity index (χ1) is 7.66. The molecule has 0 saturated heterocycles. The Morgan fingerprint density at radius 3 is 2.50 bits per heavy atom. The van der Waals surface area contributed by atoms with Crippen LogP contribution in [0.3, 0.4) is 0 Å². The number of hydrogen-bond acceptors (Lipinski definition) is 3. The maximum Gasteiger partial charge on any atom is 0.167 e. The number of hydrogen-bond donors (Lipinski definition) is 1. The van der Waals surface area contributed by atoms with Crippen molar-refractivity contribution in [2.45, 2.75) is 13.8 Å². The molecular weight excluding hydrogens is 204 g/mol. The van der Waals surface area contributed by atoms with Gasteiger partial charge in [0.2, 0.25) is 0 Å². The fourth-order valence-electron chi connectivity index (χ4n) is 1.33. The molecule has 0 radical (unpaired) electrons. The monoisotopic (exact) mass is 216 g/mol. The predicted molar refractivity (Wildman–Crippen MR) is 59.8 cm³/mol. The van der Waals surface area contributed by atoms with Crippen LogP contribution in [0, 0.1) is 6.92 Å². The van der Waals surface area contributed by atoms with Crippen molar-refractivity contribution < 1.29 is 9.53 Å². The molecule has 0 aliphatic heterocycles. The van der Waals surface area contributed by atoms with Gasteiger partial charge in [0.1, 0.15) is 5.75 Å². The Morgan fingerprint density at radius 1 is 1.31 bits per heavy atom. The van der Waals surface area contributed by atoms with E-state index in [-0.39, 0.29) is 5.78 Å². The number of H-pyrrole nitrogens is 1. The maximum absolute atomic E-state index is 11.1. The van der Waals surface area contributed by atoms with E-state index in [1.54, 1.807) is 30.5 Å². The Morgan fingerprint density at radius 2 is 2.00 bits per heavy atom. The van der Waals surface area contributed by atoms with Crippen LogP contribution >= 0.6 is 0 Å². The number of aryl methyl sites for hydroxylation is 1. The van der Waals surface area contributed by atoms with Crippen LogP contribution in [0.2, 0.25) is 0 Å². The summed E-state index contributed by atoms with van der Waals surface area (Å²) in [4.78, 5) is 11.1. The number of ketones is 1. The van der Waals surface area contributed by atoms with Crippen LogP contribution in [0.1, 0.15) is 23.0 Å². The van der Waals surface area contributed by atoms with E-state index in [2.05, 4.69) is 10.2 Å². The fraction of sp³-hybridized carbons (Fsp3) is 0.167. The van der Waals surface area contributed by atoms with E-state index in [9.17, 15) is 4.79 Å². The summed E-state index contributed by atoms with van der Waals surface area (Å²) in [5.41, 5.74) is 1.55. The normalized spacial score (nSPS) is 10.1. The highest BCUT2D eigenvalue weighted by Gasteiger charge is 2.04. The molecule has 0 bridgehead atoms. The molecule has 1 N–H and O–H groups in total. The van der Waals surface area contributed by atoms with Crippen molar-refractivity contribution in [2.75, 3.05) is 0 Å². The number of carbonyl (C=O) groups excluding carboxylic acids is 1. The van der Waals surface area contributed by atoms with Crippen LogP contribution in [-0.2, 0) is 0 Å². The van der Waals surface area contributed by atoms with E-state index >= 15 is 0 Å². The van der Waals surface area contributed by atoms with Crippen molar-refractivity contribution in [2.24, 2.45) is 0 Å². The second-order valence-electron chi connectivity index (χ2n) is 3.54. The minimum Gasteiger partial charge on any atom is -0.454 e. The van der Waals surface area contributed by atoms with Crippen LogP contribution < -0.4 is 4.74 Å². The molecule has 0 spiro atoms. The lowest BCUT2D eigenvalue weighted by atomic mass is 10.1. The van der Waals surface area contributed by atoms with E-state index in [0.717, 1.165) is 5.69 Å². The quantitative estimate of drug-likeness (QED) is 0.802. The van der Waals surface area contributed by atoms with Crippen LogP contribution in [0.5, 0.6) is 11.5 Å². The highest BCUT2D eigenvalue weighted by molar-refractivity contribution is 5.94. The molecule has 16 heavy (non-hydrogen) atoms. The molecule has 2 rings (SSSR count). The lowest BCUT2D eigenvalue weighted by molar-refractivity contribution is 0.101. The molecule has 0 atom stereocenters. The molecule has 0 aliphatic carbocycles. The highest BCUT2D eigenvalue weighted by atomic mass is 16.5. The molecule has 0 aliphatic rings. The van der Waals surface area contributed by atoms with E-state index in [4.69, 9.17) is 4.74 Å². The summed E-state index contributed by atoms with van der Waals surface area (Å²) < 4.78 is 5.58.